The molecular weight excluding hydrogens is 248 g/mol. The van der Waals surface area contributed by atoms with E-state index in [1.165, 1.54) is 11.3 Å². The van der Waals surface area contributed by atoms with E-state index in [1.807, 2.05) is 12.4 Å². The van der Waals surface area contributed by atoms with Crippen LogP contribution < -0.4 is 0 Å². The van der Waals surface area contributed by atoms with Crippen molar-refractivity contribution in [3.63, 3.8) is 0 Å². The van der Waals surface area contributed by atoms with Gasteiger partial charge in [-0.15, -0.1) is 0 Å². The highest BCUT2D eigenvalue weighted by Gasteiger charge is 2.33. The van der Waals surface area contributed by atoms with Gasteiger partial charge in [0.25, 0.3) is 0 Å². The second-order valence-corrected chi connectivity index (χ2v) is 6.64. The Bertz CT molecular complexity index is 601. The van der Waals surface area contributed by atoms with Crippen LogP contribution in [0.5, 0.6) is 0 Å². The third kappa shape index (κ3) is 2.27. The van der Waals surface area contributed by atoms with Gasteiger partial charge in [0.1, 0.15) is 0 Å². The third-order valence-corrected chi connectivity index (χ3v) is 4.42. The van der Waals surface area contributed by atoms with Gasteiger partial charge in [0.2, 0.25) is 0 Å². The molecule has 0 amide bonds. The lowest BCUT2D eigenvalue weighted by atomic mass is 9.75. The van der Waals surface area contributed by atoms with Crippen LogP contribution in [0.2, 0.25) is 0 Å². The molecule has 0 saturated heterocycles. The minimum atomic E-state index is -0.334. The Morgan fingerprint density at radius 1 is 1.30 bits per heavy atom. The van der Waals surface area contributed by atoms with Crippen LogP contribution in [0.15, 0.2) is 36.8 Å². The van der Waals surface area contributed by atoms with Gasteiger partial charge in [0.15, 0.2) is 0 Å². The minimum absolute atomic E-state index is 0.153. The second kappa shape index (κ2) is 4.74. The second-order valence-electron chi connectivity index (χ2n) is 6.64. The predicted molar refractivity (Wildman–Crippen MR) is 79.5 cm³/mol. The van der Waals surface area contributed by atoms with E-state index in [-0.39, 0.29) is 17.6 Å². The Morgan fingerprint density at radius 3 is 2.70 bits per heavy atom. The lowest BCUT2D eigenvalue weighted by Gasteiger charge is -2.34. The van der Waals surface area contributed by atoms with E-state index >= 15 is 0 Å². The molecule has 3 nitrogen and oxygen atoms in total. The maximum absolute atomic E-state index is 10.3. The summed E-state index contributed by atoms with van der Waals surface area (Å²) in [5, 5.41) is 10.3. The van der Waals surface area contributed by atoms with Crippen LogP contribution in [0, 0.1) is 5.41 Å². The first-order valence-electron chi connectivity index (χ1n) is 7.25. The molecule has 3 heteroatoms. The summed E-state index contributed by atoms with van der Waals surface area (Å²) in [4.78, 5) is 4.08. The molecule has 3 rings (SSSR count). The maximum Gasteiger partial charge on any atom is 0.0812 e. The summed E-state index contributed by atoms with van der Waals surface area (Å²) in [5.41, 5.74) is 3.78. The lowest BCUT2D eigenvalue weighted by Crippen LogP contribution is -2.27. The number of aliphatic hydroxyl groups excluding tert-OH is 1. The van der Waals surface area contributed by atoms with Crippen molar-refractivity contribution in [3.8, 4) is 0 Å². The molecule has 106 valence electrons. The molecule has 0 bridgehead atoms. The van der Waals surface area contributed by atoms with E-state index in [1.54, 1.807) is 0 Å². The van der Waals surface area contributed by atoms with Gasteiger partial charge < -0.3 is 9.67 Å². The highest BCUT2D eigenvalue weighted by atomic mass is 16.3. The summed E-state index contributed by atoms with van der Waals surface area (Å²) >= 11 is 0. The molecule has 2 heterocycles. The molecule has 0 radical (unpaired) electrons. The summed E-state index contributed by atoms with van der Waals surface area (Å²) in [5.74, 6) is 0. The van der Waals surface area contributed by atoms with Gasteiger partial charge in [0, 0.05) is 29.8 Å². The molecular formula is C17H22N2O. The number of fused-ring (bicyclic) bond motifs is 1. The smallest absolute Gasteiger partial charge is 0.0812 e. The van der Waals surface area contributed by atoms with Gasteiger partial charge in [0.05, 0.1) is 12.1 Å². The molecule has 20 heavy (non-hydrogen) atoms. The third-order valence-electron chi connectivity index (χ3n) is 4.42. The van der Waals surface area contributed by atoms with Crippen LogP contribution in [0.3, 0.4) is 0 Å². The van der Waals surface area contributed by atoms with E-state index in [4.69, 9.17) is 0 Å². The van der Waals surface area contributed by atoms with Crippen molar-refractivity contribution in [2.75, 3.05) is 0 Å². The molecule has 2 aromatic rings. The van der Waals surface area contributed by atoms with E-state index in [0.717, 1.165) is 18.4 Å². The van der Waals surface area contributed by atoms with E-state index in [0.29, 0.717) is 0 Å². The fourth-order valence-electron chi connectivity index (χ4n) is 3.32. The molecule has 2 atom stereocenters. The molecule has 1 aliphatic carbocycles. The first-order chi connectivity index (χ1) is 9.48. The highest BCUT2D eigenvalue weighted by molar-refractivity contribution is 5.31. The van der Waals surface area contributed by atoms with E-state index < -0.39 is 0 Å². The van der Waals surface area contributed by atoms with Gasteiger partial charge in [-0.1, -0.05) is 13.8 Å². The number of pyridine rings is 1. The SMILES string of the molecule is CC(c1ccncc1)n1ccc2c1CC(C)(C)CC2O. The van der Waals surface area contributed by atoms with Gasteiger partial charge in [-0.2, -0.15) is 0 Å². The molecule has 1 aliphatic rings. The summed E-state index contributed by atoms with van der Waals surface area (Å²) in [7, 11) is 0. The highest BCUT2D eigenvalue weighted by Crippen LogP contribution is 2.42. The number of hydrogen-bond donors (Lipinski definition) is 1. The maximum atomic E-state index is 10.3. The average molecular weight is 270 g/mol. The predicted octanol–water partition coefficient (Wildman–Crippen LogP) is 3.50. The van der Waals surface area contributed by atoms with Gasteiger partial charge >= 0.3 is 0 Å². The molecule has 2 aromatic heterocycles. The topological polar surface area (TPSA) is 38.0 Å². The Kier molecular flexibility index (Phi) is 3.17. The number of hydrogen-bond acceptors (Lipinski definition) is 2. The van der Waals surface area contributed by atoms with Crippen LogP contribution in [0.4, 0.5) is 0 Å². The van der Waals surface area contributed by atoms with E-state index in [2.05, 4.69) is 54.7 Å². The summed E-state index contributed by atoms with van der Waals surface area (Å²) in [6.45, 7) is 6.66. The van der Waals surface area contributed by atoms with Crippen molar-refractivity contribution in [2.45, 2.75) is 45.8 Å². The molecule has 0 spiro atoms. The van der Waals surface area contributed by atoms with Crippen LogP contribution in [-0.4, -0.2) is 14.7 Å². The van der Waals surface area contributed by atoms with Crippen molar-refractivity contribution in [3.05, 3.63) is 53.6 Å². The summed E-state index contributed by atoms with van der Waals surface area (Å²) < 4.78 is 2.30. The van der Waals surface area contributed by atoms with Gasteiger partial charge in [-0.25, -0.2) is 0 Å². The largest absolute Gasteiger partial charge is 0.388 e. The minimum Gasteiger partial charge on any atom is -0.388 e. The Morgan fingerprint density at radius 2 is 2.00 bits per heavy atom. The van der Waals surface area contributed by atoms with Gasteiger partial charge in [-0.05, 0) is 48.9 Å². The van der Waals surface area contributed by atoms with Gasteiger partial charge in [-0.3, -0.25) is 4.98 Å². The van der Waals surface area contributed by atoms with Crippen molar-refractivity contribution in [2.24, 2.45) is 5.41 Å². The van der Waals surface area contributed by atoms with Crippen molar-refractivity contribution in [1.29, 1.82) is 0 Å². The zero-order chi connectivity index (χ0) is 14.3. The number of nitrogens with zero attached hydrogens (tertiary/aromatic N) is 2. The molecule has 0 aliphatic heterocycles. The first-order valence-corrected chi connectivity index (χ1v) is 7.25. The normalized spacial score (nSPS) is 22.3. The lowest BCUT2D eigenvalue weighted by molar-refractivity contribution is 0.0978. The van der Waals surface area contributed by atoms with Crippen LogP contribution in [0.25, 0.3) is 0 Å². The van der Waals surface area contributed by atoms with Crippen molar-refractivity contribution >= 4 is 0 Å². The molecule has 1 N–H and O–H groups in total. The fraction of sp³-hybridized carbons (Fsp3) is 0.471. The van der Waals surface area contributed by atoms with Crippen LogP contribution >= 0.6 is 0 Å². The zero-order valence-corrected chi connectivity index (χ0v) is 12.4. The fourth-order valence-corrected chi connectivity index (χ4v) is 3.32. The quantitative estimate of drug-likeness (QED) is 0.907. The Hall–Kier alpha value is -1.61. The van der Waals surface area contributed by atoms with E-state index in [9.17, 15) is 5.11 Å². The Labute approximate surface area is 120 Å². The van der Waals surface area contributed by atoms with Crippen LogP contribution in [-0.2, 0) is 6.42 Å². The number of aliphatic hydroxyl groups is 1. The monoisotopic (exact) mass is 270 g/mol. The summed E-state index contributed by atoms with van der Waals surface area (Å²) in [6, 6.07) is 6.46. The first kappa shape index (κ1) is 13.4. The average Bonchev–Trinajstić information content (AvgIpc) is 2.81. The summed E-state index contributed by atoms with van der Waals surface area (Å²) in [6.07, 6.45) is 7.30. The molecule has 0 fully saturated rings. The van der Waals surface area contributed by atoms with Crippen molar-refractivity contribution < 1.29 is 5.11 Å². The van der Waals surface area contributed by atoms with Crippen molar-refractivity contribution in [1.82, 2.24) is 9.55 Å². The molecule has 0 saturated carbocycles. The number of aromatic nitrogens is 2. The number of rotatable bonds is 2. The molecule has 0 aromatic carbocycles. The standard InChI is InChI=1S/C17H22N2O/c1-12(13-4-7-18-8-5-13)19-9-6-14-15(19)10-17(2,3)11-16(14)20/h4-9,12,16,20H,10-11H2,1-3H3. The van der Waals surface area contributed by atoms with Crippen LogP contribution in [0.1, 0.15) is 56.2 Å². The zero-order valence-electron chi connectivity index (χ0n) is 12.4. The molecule has 2 unspecified atom stereocenters. The Balaban J connectivity index is 2.01.